The highest BCUT2D eigenvalue weighted by atomic mass is 15.1. The lowest BCUT2D eigenvalue weighted by Crippen LogP contribution is -2.00. The van der Waals surface area contributed by atoms with Crippen molar-refractivity contribution >= 4 is 43.7 Å². The van der Waals surface area contributed by atoms with E-state index in [1.807, 2.05) is 60.7 Å². The highest BCUT2D eigenvalue weighted by Crippen LogP contribution is 2.45. The standard InChI is InChI=1S/C50H32N6/c1-5-17-34(18-6-1)47-52-48(35-19-7-2-8-20-35)54-49(53-47)36-31-29-33(30-32-36)45-43-39-25-13-15-27-41(39)55(37-21-9-3-10-22-37)46(43)44-40-26-14-16-28-42(40)56(50(44)51-45)38-23-11-4-12-24-38/h1-32H. The Hall–Kier alpha value is -7.70. The summed E-state index contributed by atoms with van der Waals surface area (Å²) in [6, 6.07) is 67.2. The Kier molecular flexibility index (Phi) is 7.38. The van der Waals surface area contributed by atoms with Crippen molar-refractivity contribution in [2.75, 3.05) is 0 Å². The molecule has 0 aliphatic heterocycles. The second kappa shape index (κ2) is 13.0. The summed E-state index contributed by atoms with van der Waals surface area (Å²) in [6.07, 6.45) is 0. The normalized spacial score (nSPS) is 11.6. The van der Waals surface area contributed by atoms with Gasteiger partial charge in [0.2, 0.25) is 0 Å². The molecule has 0 unspecified atom stereocenters. The summed E-state index contributed by atoms with van der Waals surface area (Å²) in [5.41, 5.74) is 11.1. The highest BCUT2D eigenvalue weighted by molar-refractivity contribution is 6.28. The second-order valence-corrected chi connectivity index (χ2v) is 13.9. The molecule has 0 saturated carbocycles. The van der Waals surface area contributed by atoms with Gasteiger partial charge in [0.15, 0.2) is 17.5 Å². The number of benzene rings is 7. The van der Waals surface area contributed by atoms with Gasteiger partial charge in [-0.05, 0) is 36.4 Å². The highest BCUT2D eigenvalue weighted by Gasteiger charge is 2.25. The first-order valence-corrected chi connectivity index (χ1v) is 18.7. The fourth-order valence-electron chi connectivity index (χ4n) is 8.05. The Labute approximate surface area is 322 Å². The lowest BCUT2D eigenvalue weighted by atomic mass is 10.0. The number of aromatic nitrogens is 6. The molecule has 56 heavy (non-hydrogen) atoms. The van der Waals surface area contributed by atoms with Gasteiger partial charge in [-0.2, -0.15) is 0 Å². The van der Waals surface area contributed by atoms with E-state index in [4.69, 9.17) is 19.9 Å². The number of hydrogen-bond acceptors (Lipinski definition) is 4. The zero-order valence-electron chi connectivity index (χ0n) is 30.2. The molecular weight excluding hydrogens is 685 g/mol. The molecule has 11 rings (SSSR count). The number of pyridine rings is 1. The summed E-state index contributed by atoms with van der Waals surface area (Å²) in [5.74, 6) is 1.88. The minimum atomic E-state index is 0.614. The number of hydrogen-bond donors (Lipinski definition) is 0. The Morgan fingerprint density at radius 1 is 0.304 bits per heavy atom. The zero-order chi connectivity index (χ0) is 37.0. The van der Waals surface area contributed by atoms with Crippen LogP contribution >= 0.6 is 0 Å². The molecule has 0 saturated heterocycles. The van der Waals surface area contributed by atoms with Crippen molar-refractivity contribution < 1.29 is 0 Å². The van der Waals surface area contributed by atoms with Crippen LogP contribution in [-0.2, 0) is 0 Å². The van der Waals surface area contributed by atoms with Crippen molar-refractivity contribution in [1.29, 1.82) is 0 Å². The van der Waals surface area contributed by atoms with E-state index in [9.17, 15) is 0 Å². The molecule has 0 amide bonds. The van der Waals surface area contributed by atoms with E-state index in [1.54, 1.807) is 0 Å². The molecule has 0 radical (unpaired) electrons. The van der Waals surface area contributed by atoms with Crippen molar-refractivity contribution in [3.8, 4) is 56.8 Å². The van der Waals surface area contributed by atoms with Crippen LogP contribution in [0.3, 0.4) is 0 Å². The molecule has 7 aromatic carbocycles. The lowest BCUT2D eigenvalue weighted by Gasteiger charge is -2.12. The molecule has 262 valence electrons. The first-order chi connectivity index (χ1) is 27.8. The van der Waals surface area contributed by atoms with Crippen LogP contribution in [0.2, 0.25) is 0 Å². The molecule has 0 spiro atoms. The molecule has 11 aromatic rings. The van der Waals surface area contributed by atoms with Crippen LogP contribution < -0.4 is 0 Å². The van der Waals surface area contributed by atoms with Crippen LogP contribution in [0, 0.1) is 0 Å². The number of nitrogens with zero attached hydrogens (tertiary/aromatic N) is 6. The summed E-state index contributed by atoms with van der Waals surface area (Å²) >= 11 is 0. The van der Waals surface area contributed by atoms with Crippen LogP contribution in [-0.4, -0.2) is 29.1 Å². The quantitative estimate of drug-likeness (QED) is 0.172. The Morgan fingerprint density at radius 3 is 1.23 bits per heavy atom. The van der Waals surface area contributed by atoms with Crippen molar-refractivity contribution in [1.82, 2.24) is 29.1 Å². The minimum Gasteiger partial charge on any atom is -0.308 e. The zero-order valence-corrected chi connectivity index (χ0v) is 30.2. The SMILES string of the molecule is c1ccc(-c2nc(-c3ccccc3)nc(-c3ccc(-c4nc5c(c6ccccc6n5-c5ccccc5)c5c4c4ccccc4n5-c4ccccc4)cc3)n2)cc1. The van der Waals surface area contributed by atoms with Gasteiger partial charge < -0.3 is 4.57 Å². The van der Waals surface area contributed by atoms with Gasteiger partial charge in [-0.1, -0.05) is 158 Å². The van der Waals surface area contributed by atoms with E-state index in [0.29, 0.717) is 17.5 Å². The van der Waals surface area contributed by atoms with Crippen molar-refractivity contribution in [2.24, 2.45) is 0 Å². The molecule has 0 aliphatic rings. The third-order valence-corrected chi connectivity index (χ3v) is 10.6. The largest absolute Gasteiger partial charge is 0.308 e. The van der Waals surface area contributed by atoms with Gasteiger partial charge in [-0.25, -0.2) is 19.9 Å². The first kappa shape index (κ1) is 31.8. The lowest BCUT2D eigenvalue weighted by molar-refractivity contribution is 1.07. The van der Waals surface area contributed by atoms with Gasteiger partial charge >= 0.3 is 0 Å². The van der Waals surface area contributed by atoms with Gasteiger partial charge in [-0.3, -0.25) is 4.57 Å². The van der Waals surface area contributed by atoms with Gasteiger partial charge in [-0.15, -0.1) is 0 Å². The predicted octanol–water partition coefficient (Wildman–Crippen LogP) is 12.1. The molecule has 0 bridgehead atoms. The molecular formula is C50H32N6. The van der Waals surface area contributed by atoms with Crippen LogP contribution in [0.25, 0.3) is 101 Å². The van der Waals surface area contributed by atoms with Crippen molar-refractivity contribution in [3.05, 3.63) is 194 Å². The molecule has 6 heteroatoms. The van der Waals surface area contributed by atoms with Crippen LogP contribution in [0.4, 0.5) is 0 Å². The molecule has 0 fully saturated rings. The van der Waals surface area contributed by atoms with Crippen LogP contribution in [0.15, 0.2) is 194 Å². The van der Waals surface area contributed by atoms with E-state index in [1.165, 1.54) is 0 Å². The maximum Gasteiger partial charge on any atom is 0.164 e. The maximum atomic E-state index is 5.66. The summed E-state index contributed by atoms with van der Waals surface area (Å²) in [4.78, 5) is 20.6. The summed E-state index contributed by atoms with van der Waals surface area (Å²) in [5, 5.41) is 4.53. The van der Waals surface area contributed by atoms with Gasteiger partial charge in [0.25, 0.3) is 0 Å². The van der Waals surface area contributed by atoms with E-state index in [-0.39, 0.29) is 0 Å². The van der Waals surface area contributed by atoms with Crippen molar-refractivity contribution in [2.45, 2.75) is 0 Å². The van der Waals surface area contributed by atoms with E-state index in [2.05, 4.69) is 143 Å². The minimum absolute atomic E-state index is 0.614. The fraction of sp³-hybridized carbons (Fsp3) is 0. The third-order valence-electron chi connectivity index (χ3n) is 10.6. The van der Waals surface area contributed by atoms with Gasteiger partial charge in [0, 0.05) is 49.8 Å². The summed E-state index contributed by atoms with van der Waals surface area (Å²) in [6.45, 7) is 0. The van der Waals surface area contributed by atoms with Crippen molar-refractivity contribution in [3.63, 3.8) is 0 Å². The number of para-hydroxylation sites is 4. The molecule has 0 aliphatic carbocycles. The summed E-state index contributed by atoms with van der Waals surface area (Å²) in [7, 11) is 0. The first-order valence-electron chi connectivity index (χ1n) is 18.7. The molecule has 4 heterocycles. The Morgan fingerprint density at radius 2 is 0.696 bits per heavy atom. The van der Waals surface area contributed by atoms with Crippen LogP contribution in [0.1, 0.15) is 0 Å². The molecule has 4 aromatic heterocycles. The summed E-state index contributed by atoms with van der Waals surface area (Å²) < 4.78 is 4.71. The topological polar surface area (TPSA) is 61.4 Å². The smallest absolute Gasteiger partial charge is 0.164 e. The maximum absolute atomic E-state index is 5.66. The fourth-order valence-corrected chi connectivity index (χ4v) is 8.05. The monoisotopic (exact) mass is 716 g/mol. The number of rotatable bonds is 6. The van der Waals surface area contributed by atoms with Gasteiger partial charge in [0.1, 0.15) is 5.65 Å². The average Bonchev–Trinajstić information content (AvgIpc) is 3.80. The Bertz CT molecular complexity index is 3150. The average molecular weight is 717 g/mol. The van der Waals surface area contributed by atoms with E-state index >= 15 is 0 Å². The predicted molar refractivity (Wildman–Crippen MR) is 228 cm³/mol. The third kappa shape index (κ3) is 5.11. The van der Waals surface area contributed by atoms with E-state index < -0.39 is 0 Å². The second-order valence-electron chi connectivity index (χ2n) is 13.9. The molecule has 0 N–H and O–H groups in total. The Balaban J connectivity index is 1.19. The molecule has 6 nitrogen and oxygen atoms in total. The molecule has 0 atom stereocenters. The number of fused-ring (bicyclic) bond motifs is 7. The van der Waals surface area contributed by atoms with E-state index in [0.717, 1.165) is 83.1 Å². The van der Waals surface area contributed by atoms with Gasteiger partial charge in [0.05, 0.1) is 27.6 Å². The van der Waals surface area contributed by atoms with Crippen LogP contribution in [0.5, 0.6) is 0 Å².